The number of thiophene rings is 1. The molecule has 10 heteroatoms. The van der Waals surface area contributed by atoms with Gasteiger partial charge in [0.25, 0.3) is 5.91 Å². The molecular weight excluding hydrogens is 432 g/mol. The minimum atomic E-state index is -0.633. The zero-order chi connectivity index (χ0) is 22.7. The zero-order valence-corrected chi connectivity index (χ0v) is 18.3. The Labute approximate surface area is 188 Å². The van der Waals surface area contributed by atoms with Gasteiger partial charge in [0, 0.05) is 4.88 Å². The Bertz CT molecular complexity index is 1170. The van der Waals surface area contributed by atoms with E-state index in [0.29, 0.717) is 10.6 Å². The second-order valence-electron chi connectivity index (χ2n) is 7.50. The van der Waals surface area contributed by atoms with E-state index < -0.39 is 22.6 Å². The van der Waals surface area contributed by atoms with Gasteiger partial charge in [0.05, 0.1) is 30.4 Å². The number of anilines is 1. The van der Waals surface area contributed by atoms with Gasteiger partial charge in [-0.3, -0.25) is 4.79 Å². The van der Waals surface area contributed by atoms with Crippen LogP contribution in [-0.2, 0) is 24.1 Å². The van der Waals surface area contributed by atoms with Crippen LogP contribution in [0.25, 0.3) is 0 Å². The van der Waals surface area contributed by atoms with E-state index in [9.17, 15) is 19.7 Å². The molecule has 166 valence electrons. The summed E-state index contributed by atoms with van der Waals surface area (Å²) in [5, 5.41) is 18.5. The number of rotatable bonds is 6. The Morgan fingerprint density at radius 2 is 1.97 bits per heavy atom. The van der Waals surface area contributed by atoms with Gasteiger partial charge in [-0.25, -0.2) is 4.79 Å². The summed E-state index contributed by atoms with van der Waals surface area (Å²) in [4.78, 5) is 37.4. The fourth-order valence-corrected chi connectivity index (χ4v) is 5.14. The number of carbonyl (C=O) groups is 2. The summed E-state index contributed by atoms with van der Waals surface area (Å²) in [5.41, 5.74) is 2.20. The van der Waals surface area contributed by atoms with Crippen LogP contribution in [0.1, 0.15) is 56.1 Å². The summed E-state index contributed by atoms with van der Waals surface area (Å²) in [6.07, 6.45) is 4.68. The van der Waals surface area contributed by atoms with Crippen LogP contribution in [0.5, 0.6) is 0 Å². The number of hydrogen-bond acceptors (Lipinski definition) is 7. The van der Waals surface area contributed by atoms with Gasteiger partial charge < -0.3 is 20.2 Å². The summed E-state index contributed by atoms with van der Waals surface area (Å²) >= 11 is 1.37. The molecule has 9 nitrogen and oxygen atoms in total. The highest BCUT2D eigenvalue weighted by Gasteiger charge is 2.29. The van der Waals surface area contributed by atoms with Crippen molar-refractivity contribution in [1.82, 2.24) is 9.78 Å². The van der Waals surface area contributed by atoms with E-state index in [-0.39, 0.29) is 12.2 Å². The van der Waals surface area contributed by atoms with Crippen LogP contribution in [0.3, 0.4) is 0 Å². The van der Waals surface area contributed by atoms with Crippen molar-refractivity contribution < 1.29 is 19.2 Å². The third-order valence-corrected chi connectivity index (χ3v) is 6.61. The molecule has 0 saturated carbocycles. The molecule has 4 rings (SSSR count). The van der Waals surface area contributed by atoms with Crippen LogP contribution in [0.15, 0.2) is 36.4 Å². The molecule has 0 saturated heterocycles. The van der Waals surface area contributed by atoms with Crippen LogP contribution < -0.4 is 5.32 Å². The SMILES string of the molecule is COC(=O)c1c(NC(=O)c2cc([N+](=O)[O-])nn2Cc2ccccc2)sc2c1CCCCC2. The van der Waals surface area contributed by atoms with Crippen LogP contribution in [-0.4, -0.2) is 33.7 Å². The van der Waals surface area contributed by atoms with Crippen molar-refractivity contribution in [2.45, 2.75) is 38.6 Å². The maximum atomic E-state index is 13.2. The van der Waals surface area contributed by atoms with Gasteiger partial charge in [0.1, 0.15) is 5.00 Å². The highest BCUT2D eigenvalue weighted by atomic mass is 32.1. The molecule has 2 heterocycles. The number of methoxy groups -OCH3 is 1. The molecule has 0 atom stereocenters. The molecule has 3 aromatic rings. The van der Waals surface area contributed by atoms with E-state index >= 15 is 0 Å². The Morgan fingerprint density at radius 1 is 1.22 bits per heavy atom. The Hall–Kier alpha value is -3.53. The summed E-state index contributed by atoms with van der Waals surface area (Å²) < 4.78 is 6.28. The molecule has 32 heavy (non-hydrogen) atoms. The van der Waals surface area contributed by atoms with Gasteiger partial charge in [-0.05, 0) is 41.7 Å². The van der Waals surface area contributed by atoms with Gasteiger partial charge in [0.2, 0.25) is 0 Å². The number of hydrogen-bond donors (Lipinski definition) is 1. The molecule has 1 aliphatic carbocycles. The van der Waals surface area contributed by atoms with E-state index in [1.165, 1.54) is 23.1 Å². The number of nitrogens with zero attached hydrogens (tertiary/aromatic N) is 3. The highest BCUT2D eigenvalue weighted by Crippen LogP contribution is 2.38. The largest absolute Gasteiger partial charge is 0.465 e. The van der Waals surface area contributed by atoms with E-state index in [0.717, 1.165) is 54.2 Å². The number of amides is 1. The van der Waals surface area contributed by atoms with Crippen molar-refractivity contribution in [2.24, 2.45) is 0 Å². The Morgan fingerprint density at radius 3 is 2.69 bits per heavy atom. The Kier molecular flexibility index (Phi) is 6.31. The molecule has 1 aliphatic rings. The molecule has 0 bridgehead atoms. The van der Waals surface area contributed by atoms with Crippen molar-refractivity contribution >= 4 is 34.0 Å². The highest BCUT2D eigenvalue weighted by molar-refractivity contribution is 7.17. The van der Waals surface area contributed by atoms with Gasteiger partial charge >= 0.3 is 11.8 Å². The number of nitro groups is 1. The Balaban J connectivity index is 1.68. The maximum absolute atomic E-state index is 13.2. The average molecular weight is 455 g/mol. The molecule has 1 aromatic carbocycles. The second kappa shape index (κ2) is 9.31. The quantitative estimate of drug-likeness (QED) is 0.258. The first-order valence-corrected chi connectivity index (χ1v) is 11.1. The molecule has 0 aliphatic heterocycles. The van der Waals surface area contributed by atoms with E-state index in [1.807, 2.05) is 30.3 Å². The number of esters is 1. The first kappa shape index (κ1) is 21.7. The van der Waals surface area contributed by atoms with E-state index in [1.54, 1.807) is 0 Å². The third-order valence-electron chi connectivity index (χ3n) is 5.40. The summed E-state index contributed by atoms with van der Waals surface area (Å²) in [6.45, 7) is 0.197. The normalized spacial score (nSPS) is 13.2. The lowest BCUT2D eigenvalue weighted by Gasteiger charge is -2.08. The maximum Gasteiger partial charge on any atom is 0.390 e. The van der Waals surface area contributed by atoms with Gasteiger partial charge in [-0.1, -0.05) is 36.8 Å². The summed E-state index contributed by atoms with van der Waals surface area (Å²) in [7, 11) is 1.31. The van der Waals surface area contributed by atoms with Gasteiger partial charge in [0.15, 0.2) is 5.69 Å². The number of ether oxygens (including phenoxy) is 1. The minimum absolute atomic E-state index is 0.0416. The van der Waals surface area contributed by atoms with Crippen LogP contribution in [0.4, 0.5) is 10.8 Å². The average Bonchev–Trinajstić information content (AvgIpc) is 3.28. The lowest BCUT2D eigenvalue weighted by atomic mass is 10.1. The molecule has 1 N–H and O–H groups in total. The lowest BCUT2D eigenvalue weighted by Crippen LogP contribution is -2.19. The smallest absolute Gasteiger partial charge is 0.390 e. The zero-order valence-electron chi connectivity index (χ0n) is 17.5. The van der Waals surface area contributed by atoms with Crippen molar-refractivity contribution in [3.8, 4) is 0 Å². The molecular formula is C22H22N4O5S. The summed E-state index contributed by atoms with van der Waals surface area (Å²) in [6, 6.07) is 10.4. The van der Waals surface area contributed by atoms with E-state index in [4.69, 9.17) is 4.74 Å². The molecule has 0 unspecified atom stereocenters. The molecule has 1 amide bonds. The molecule has 2 aromatic heterocycles. The number of aromatic nitrogens is 2. The predicted molar refractivity (Wildman–Crippen MR) is 119 cm³/mol. The molecule has 0 spiro atoms. The third kappa shape index (κ3) is 4.40. The predicted octanol–water partition coefficient (Wildman–Crippen LogP) is 4.21. The number of benzene rings is 1. The first-order chi connectivity index (χ1) is 15.5. The number of carbonyl (C=O) groups excluding carboxylic acids is 2. The van der Waals surface area contributed by atoms with Crippen molar-refractivity contribution in [3.05, 3.63) is 73.8 Å². The minimum Gasteiger partial charge on any atom is -0.465 e. The number of fused-ring (bicyclic) bond motifs is 1. The van der Waals surface area contributed by atoms with Gasteiger partial charge in [-0.2, -0.15) is 4.68 Å². The first-order valence-electron chi connectivity index (χ1n) is 10.3. The van der Waals surface area contributed by atoms with Crippen molar-refractivity contribution in [3.63, 3.8) is 0 Å². The fourth-order valence-electron chi connectivity index (χ4n) is 3.87. The van der Waals surface area contributed by atoms with Crippen LogP contribution in [0, 0.1) is 10.1 Å². The molecule has 0 fully saturated rings. The second-order valence-corrected chi connectivity index (χ2v) is 8.61. The summed E-state index contributed by atoms with van der Waals surface area (Å²) in [5.74, 6) is -1.48. The van der Waals surface area contributed by atoms with Crippen LogP contribution in [0.2, 0.25) is 0 Å². The molecule has 0 radical (unpaired) electrons. The number of aryl methyl sites for hydroxylation is 1. The topological polar surface area (TPSA) is 116 Å². The van der Waals surface area contributed by atoms with Crippen molar-refractivity contribution in [1.29, 1.82) is 0 Å². The monoisotopic (exact) mass is 454 g/mol. The van der Waals surface area contributed by atoms with Crippen molar-refractivity contribution in [2.75, 3.05) is 12.4 Å². The van der Waals surface area contributed by atoms with Crippen LogP contribution >= 0.6 is 11.3 Å². The standard InChI is InChI=1S/C22H22N4O5S/c1-31-22(28)19-15-10-6-3-7-11-17(15)32-21(19)23-20(27)16-12-18(26(29)30)24-25(16)13-14-8-4-2-5-9-14/h2,4-5,8-9,12H,3,6-7,10-11,13H2,1H3,(H,23,27). The lowest BCUT2D eigenvalue weighted by molar-refractivity contribution is -0.389. The van der Waals surface area contributed by atoms with E-state index in [2.05, 4.69) is 10.4 Å². The number of nitrogens with one attached hydrogen (secondary N) is 1. The fraction of sp³-hybridized carbons (Fsp3) is 0.318. The van der Waals surface area contributed by atoms with Gasteiger partial charge in [-0.15, -0.1) is 11.3 Å².